The summed E-state index contributed by atoms with van der Waals surface area (Å²) in [6.45, 7) is 8.23. The van der Waals surface area contributed by atoms with Crippen molar-refractivity contribution in [1.82, 2.24) is 9.55 Å². The van der Waals surface area contributed by atoms with Crippen LogP contribution in [0.4, 0.5) is 0 Å². The first-order valence-corrected chi connectivity index (χ1v) is 9.85. The van der Waals surface area contributed by atoms with Crippen LogP contribution in [0.3, 0.4) is 0 Å². The van der Waals surface area contributed by atoms with E-state index in [1.807, 2.05) is 20.1 Å². The second kappa shape index (κ2) is 7.85. The molecule has 0 amide bonds. The lowest BCUT2D eigenvalue weighted by Gasteiger charge is -2.41. The van der Waals surface area contributed by atoms with Gasteiger partial charge in [-0.25, -0.2) is 4.79 Å². The van der Waals surface area contributed by atoms with Gasteiger partial charge in [0.15, 0.2) is 6.23 Å². The minimum Gasteiger partial charge on any atom is -0.387 e. The zero-order valence-corrected chi connectivity index (χ0v) is 16.6. The van der Waals surface area contributed by atoms with Crippen molar-refractivity contribution in [2.75, 3.05) is 18.6 Å². The van der Waals surface area contributed by atoms with Gasteiger partial charge in [0, 0.05) is 23.4 Å². The van der Waals surface area contributed by atoms with Crippen molar-refractivity contribution in [3.05, 3.63) is 33.1 Å². The number of aromatic amines is 1. The van der Waals surface area contributed by atoms with Crippen molar-refractivity contribution < 1.29 is 19.7 Å². The third-order valence-corrected chi connectivity index (χ3v) is 6.22. The van der Waals surface area contributed by atoms with Crippen molar-refractivity contribution in [3.8, 4) is 0 Å². The number of nitrogens with one attached hydrogen (secondary N) is 1. The fraction of sp³-hybridized carbons (Fsp3) is 0.765. The second-order valence-electron chi connectivity index (χ2n) is 7.70. The highest BCUT2D eigenvalue weighted by molar-refractivity contribution is 7.98. The molecule has 8 nitrogen and oxygen atoms in total. The first-order valence-electron chi connectivity index (χ1n) is 8.46. The summed E-state index contributed by atoms with van der Waals surface area (Å²) < 4.78 is 12.8. The van der Waals surface area contributed by atoms with Gasteiger partial charge in [-0.1, -0.05) is 13.8 Å². The SMILES string of the molecule is CSCC(C)(C)C(C)(C)OC[C@H]1O[C@@H](n2ccc(=O)[nH]c2=O)[C@@H](O)C1O. The van der Waals surface area contributed by atoms with Crippen LogP contribution in [0.1, 0.15) is 33.9 Å². The molecule has 4 atom stereocenters. The molecule has 1 saturated heterocycles. The Kier molecular flexibility index (Phi) is 6.40. The van der Waals surface area contributed by atoms with Crippen LogP contribution in [0.25, 0.3) is 0 Å². The third kappa shape index (κ3) is 4.23. The monoisotopic (exact) mass is 388 g/mol. The van der Waals surface area contributed by atoms with Crippen LogP contribution in [-0.2, 0) is 9.47 Å². The Hall–Kier alpha value is -1.13. The number of aliphatic hydroxyl groups excluding tert-OH is 2. The molecule has 9 heteroatoms. The molecule has 26 heavy (non-hydrogen) atoms. The Labute approximate surface area is 156 Å². The number of rotatable bonds is 7. The molecule has 1 aromatic rings. The lowest BCUT2D eigenvalue weighted by atomic mass is 9.79. The summed E-state index contributed by atoms with van der Waals surface area (Å²) in [6, 6.07) is 1.15. The molecular formula is C17H28N2O6S. The van der Waals surface area contributed by atoms with Crippen molar-refractivity contribution in [2.45, 2.75) is 57.8 Å². The van der Waals surface area contributed by atoms with Crippen molar-refractivity contribution in [1.29, 1.82) is 0 Å². The number of H-pyrrole nitrogens is 1. The Balaban J connectivity index is 2.10. The Bertz CT molecular complexity index is 728. The summed E-state index contributed by atoms with van der Waals surface area (Å²) >= 11 is 1.73. The van der Waals surface area contributed by atoms with Gasteiger partial charge in [-0.2, -0.15) is 11.8 Å². The van der Waals surface area contributed by atoms with E-state index in [-0.39, 0.29) is 12.0 Å². The quantitative estimate of drug-likeness (QED) is 0.617. The minimum absolute atomic E-state index is 0.0671. The van der Waals surface area contributed by atoms with Crippen LogP contribution in [0.15, 0.2) is 21.9 Å². The van der Waals surface area contributed by atoms with Crippen LogP contribution in [0.2, 0.25) is 0 Å². The molecule has 0 bridgehead atoms. The topological polar surface area (TPSA) is 114 Å². The summed E-state index contributed by atoms with van der Waals surface area (Å²) in [4.78, 5) is 25.2. The van der Waals surface area contributed by atoms with Gasteiger partial charge in [0.2, 0.25) is 0 Å². The van der Waals surface area contributed by atoms with Crippen LogP contribution in [0.5, 0.6) is 0 Å². The third-order valence-electron chi connectivity index (χ3n) is 5.21. The Morgan fingerprint density at radius 1 is 1.27 bits per heavy atom. The first kappa shape index (κ1) is 21.2. The molecule has 3 N–H and O–H groups in total. The van der Waals surface area contributed by atoms with E-state index in [1.54, 1.807) is 11.8 Å². The molecule has 2 rings (SSSR count). The van der Waals surface area contributed by atoms with E-state index < -0.39 is 41.4 Å². The van der Waals surface area contributed by atoms with E-state index in [1.165, 1.54) is 6.20 Å². The normalized spacial score (nSPS) is 27.0. The molecule has 0 spiro atoms. The first-order chi connectivity index (χ1) is 12.0. The predicted octanol–water partition coefficient (Wildman–Crippen LogP) is 0.340. The predicted molar refractivity (Wildman–Crippen MR) is 99.4 cm³/mol. The Morgan fingerprint density at radius 3 is 2.50 bits per heavy atom. The fourth-order valence-electron chi connectivity index (χ4n) is 2.74. The number of thioether (sulfide) groups is 1. The molecule has 0 aliphatic carbocycles. The smallest absolute Gasteiger partial charge is 0.330 e. The highest BCUT2D eigenvalue weighted by Gasteiger charge is 2.46. The fourth-order valence-corrected chi connectivity index (χ4v) is 3.81. The standard InChI is InChI=1S/C17H28N2O6S/c1-16(2,9-26-5)17(3,4)24-8-10-12(21)13(22)14(25-10)19-7-6-11(20)18-15(19)23/h6-7,10,12-14,21-22H,8-9H2,1-5H3,(H,18,20,23)/t10-,12?,13+,14-/m1/s1. The molecule has 0 radical (unpaired) electrons. The molecule has 148 valence electrons. The van der Waals surface area contributed by atoms with Crippen molar-refractivity contribution in [2.24, 2.45) is 5.41 Å². The van der Waals surface area contributed by atoms with Gasteiger partial charge in [-0.15, -0.1) is 0 Å². The van der Waals surface area contributed by atoms with E-state index in [9.17, 15) is 19.8 Å². The zero-order valence-electron chi connectivity index (χ0n) is 15.8. The van der Waals surface area contributed by atoms with Gasteiger partial charge in [-0.3, -0.25) is 14.3 Å². The number of aliphatic hydroxyl groups is 2. The van der Waals surface area contributed by atoms with Gasteiger partial charge in [0.25, 0.3) is 5.56 Å². The summed E-state index contributed by atoms with van der Waals surface area (Å²) in [5.41, 5.74) is -1.87. The highest BCUT2D eigenvalue weighted by atomic mass is 32.2. The zero-order chi connectivity index (χ0) is 19.7. The van der Waals surface area contributed by atoms with Crippen molar-refractivity contribution in [3.63, 3.8) is 0 Å². The van der Waals surface area contributed by atoms with Gasteiger partial charge in [0.05, 0.1) is 12.2 Å². The summed E-state index contributed by atoms with van der Waals surface area (Å²) in [5, 5.41) is 20.6. The van der Waals surface area contributed by atoms with Crippen LogP contribution in [0, 0.1) is 5.41 Å². The van der Waals surface area contributed by atoms with Crippen molar-refractivity contribution >= 4 is 11.8 Å². The number of hydrogen-bond donors (Lipinski definition) is 3. The average Bonchev–Trinajstić information content (AvgIpc) is 2.81. The summed E-state index contributed by atoms with van der Waals surface area (Å²) in [6.07, 6.45) is -1.14. The molecule has 0 saturated carbocycles. The molecule has 1 fully saturated rings. The summed E-state index contributed by atoms with van der Waals surface area (Å²) in [5.74, 6) is 0.895. The molecular weight excluding hydrogens is 360 g/mol. The Morgan fingerprint density at radius 2 is 1.92 bits per heavy atom. The van der Waals surface area contributed by atoms with Gasteiger partial charge in [-0.05, 0) is 20.1 Å². The number of aromatic nitrogens is 2. The largest absolute Gasteiger partial charge is 0.387 e. The maximum Gasteiger partial charge on any atom is 0.330 e. The highest BCUT2D eigenvalue weighted by Crippen LogP contribution is 2.37. The van der Waals surface area contributed by atoms with E-state index >= 15 is 0 Å². The number of ether oxygens (including phenoxy) is 2. The molecule has 1 unspecified atom stereocenters. The molecule has 1 aliphatic heterocycles. The maximum atomic E-state index is 11.9. The number of hydrogen-bond acceptors (Lipinski definition) is 7. The lowest BCUT2D eigenvalue weighted by Crippen LogP contribution is -2.46. The van der Waals surface area contributed by atoms with E-state index in [0.29, 0.717) is 0 Å². The molecule has 0 aromatic carbocycles. The van der Waals surface area contributed by atoms with E-state index in [4.69, 9.17) is 9.47 Å². The number of nitrogens with zero attached hydrogens (tertiary/aromatic N) is 1. The molecule has 1 aliphatic rings. The minimum atomic E-state index is -1.31. The maximum absolute atomic E-state index is 11.9. The molecule has 2 heterocycles. The average molecular weight is 388 g/mol. The van der Waals surface area contributed by atoms with Gasteiger partial charge < -0.3 is 19.7 Å². The van der Waals surface area contributed by atoms with Gasteiger partial charge >= 0.3 is 5.69 Å². The second-order valence-corrected chi connectivity index (χ2v) is 8.57. The lowest BCUT2D eigenvalue weighted by molar-refractivity contribution is -0.138. The van der Waals surface area contributed by atoms with Crippen LogP contribution >= 0.6 is 11.8 Å². The molecule has 1 aromatic heterocycles. The summed E-state index contributed by atoms with van der Waals surface area (Å²) in [7, 11) is 0. The van der Waals surface area contributed by atoms with Crippen LogP contribution < -0.4 is 11.2 Å². The van der Waals surface area contributed by atoms with E-state index in [2.05, 4.69) is 18.8 Å². The van der Waals surface area contributed by atoms with Crippen LogP contribution in [-0.4, -0.2) is 62.3 Å². The van der Waals surface area contributed by atoms with E-state index in [0.717, 1.165) is 16.4 Å². The van der Waals surface area contributed by atoms with Gasteiger partial charge in [0.1, 0.15) is 18.3 Å².